The third-order valence-corrected chi connectivity index (χ3v) is 4.40. The summed E-state index contributed by atoms with van der Waals surface area (Å²) in [5.41, 5.74) is -2.61. The van der Waals surface area contributed by atoms with Gasteiger partial charge in [-0.3, -0.25) is 14.4 Å². The normalized spacial score (nSPS) is 11.6. The average molecular weight is 493 g/mol. The van der Waals surface area contributed by atoms with Gasteiger partial charge in [-0.25, -0.2) is 9.59 Å². The molecule has 1 rings (SSSR count). The van der Waals surface area contributed by atoms with Crippen molar-refractivity contribution in [3.63, 3.8) is 0 Å². The zero-order valence-corrected chi connectivity index (χ0v) is 21.4. The molecular formula is C24H36N4O7. The number of alkyl carbamates (subject to hydrolysis) is 1. The summed E-state index contributed by atoms with van der Waals surface area (Å²) in [6, 6.07) is 9.04. The lowest BCUT2D eigenvalue weighted by Gasteiger charge is -2.29. The van der Waals surface area contributed by atoms with Gasteiger partial charge in [-0.05, 0) is 54.0 Å². The summed E-state index contributed by atoms with van der Waals surface area (Å²) in [5.74, 6) is -2.49. The predicted octanol–water partition coefficient (Wildman–Crippen LogP) is 1.16. The first-order chi connectivity index (χ1) is 16.0. The van der Waals surface area contributed by atoms with Crippen LogP contribution in [0.5, 0.6) is 0 Å². The molecular weight excluding hydrogens is 456 g/mol. The molecule has 0 spiro atoms. The first-order valence-electron chi connectivity index (χ1n) is 11.1. The lowest BCUT2D eigenvalue weighted by Crippen LogP contribution is -2.59. The van der Waals surface area contributed by atoms with Crippen LogP contribution in [0.3, 0.4) is 0 Å². The number of carbonyl (C=O) groups is 5. The number of amides is 4. The minimum absolute atomic E-state index is 0.0506. The summed E-state index contributed by atoms with van der Waals surface area (Å²) in [4.78, 5) is 60.9. The Morgan fingerprint density at radius 3 is 1.80 bits per heavy atom. The lowest BCUT2D eigenvalue weighted by atomic mass is 10.0. The number of benzene rings is 1. The summed E-state index contributed by atoms with van der Waals surface area (Å²) in [5, 5.41) is 9.70. The van der Waals surface area contributed by atoms with Crippen LogP contribution in [0, 0.1) is 0 Å². The van der Waals surface area contributed by atoms with E-state index in [2.05, 4.69) is 21.3 Å². The quantitative estimate of drug-likeness (QED) is 0.358. The van der Waals surface area contributed by atoms with E-state index in [1.165, 1.54) is 27.7 Å². The average Bonchev–Trinajstić information content (AvgIpc) is 2.73. The molecule has 0 heterocycles. The SMILES string of the molecule is CC(C)(C)OC(=O)C(C)(C)NC(=O)CNC(=O)C(C)(C)NC(=O)CNC(=O)OCc1ccccc1. The highest BCUT2D eigenvalue weighted by Gasteiger charge is 2.35. The Balaban J connectivity index is 2.44. The molecule has 0 atom stereocenters. The molecule has 0 bridgehead atoms. The molecule has 0 unspecified atom stereocenters. The molecule has 0 saturated carbocycles. The monoisotopic (exact) mass is 492 g/mol. The third kappa shape index (κ3) is 11.4. The first-order valence-corrected chi connectivity index (χ1v) is 11.1. The van der Waals surface area contributed by atoms with Crippen LogP contribution in [-0.4, -0.2) is 59.6 Å². The Bertz CT molecular complexity index is 922. The molecule has 0 aromatic heterocycles. The highest BCUT2D eigenvalue weighted by Crippen LogP contribution is 2.14. The molecule has 35 heavy (non-hydrogen) atoms. The van der Waals surface area contributed by atoms with E-state index in [-0.39, 0.29) is 6.61 Å². The Morgan fingerprint density at radius 2 is 1.26 bits per heavy atom. The van der Waals surface area contributed by atoms with Crippen molar-refractivity contribution in [2.75, 3.05) is 13.1 Å². The van der Waals surface area contributed by atoms with E-state index < -0.39 is 59.6 Å². The Labute approximate surface area is 205 Å². The molecule has 0 saturated heterocycles. The highest BCUT2D eigenvalue weighted by atomic mass is 16.6. The van der Waals surface area contributed by atoms with Gasteiger partial charge in [0.1, 0.15) is 29.8 Å². The molecule has 0 aliphatic carbocycles. The second kappa shape index (κ2) is 12.2. The molecule has 194 valence electrons. The topological polar surface area (TPSA) is 152 Å². The second-order valence-corrected chi connectivity index (χ2v) is 9.95. The molecule has 0 radical (unpaired) electrons. The van der Waals surface area contributed by atoms with Crippen molar-refractivity contribution in [2.24, 2.45) is 0 Å². The molecule has 11 nitrogen and oxygen atoms in total. The Morgan fingerprint density at radius 1 is 0.743 bits per heavy atom. The van der Waals surface area contributed by atoms with Crippen LogP contribution < -0.4 is 21.3 Å². The molecule has 0 aliphatic rings. The summed E-state index contributed by atoms with van der Waals surface area (Å²) in [6.07, 6.45) is -0.782. The van der Waals surface area contributed by atoms with Crippen LogP contribution in [0.4, 0.5) is 4.79 Å². The van der Waals surface area contributed by atoms with E-state index in [0.29, 0.717) is 0 Å². The van der Waals surface area contributed by atoms with E-state index in [1.54, 1.807) is 32.9 Å². The van der Waals surface area contributed by atoms with E-state index >= 15 is 0 Å². The van der Waals surface area contributed by atoms with E-state index in [1.807, 2.05) is 18.2 Å². The number of hydrogen-bond acceptors (Lipinski definition) is 7. The summed E-state index contributed by atoms with van der Waals surface area (Å²) in [6.45, 7) is 10.2. The van der Waals surface area contributed by atoms with E-state index in [9.17, 15) is 24.0 Å². The number of nitrogens with one attached hydrogen (secondary N) is 4. The van der Waals surface area contributed by atoms with Gasteiger partial charge in [0, 0.05) is 0 Å². The van der Waals surface area contributed by atoms with Gasteiger partial charge in [0.05, 0.1) is 6.54 Å². The minimum Gasteiger partial charge on any atom is -0.458 e. The van der Waals surface area contributed by atoms with Crippen molar-refractivity contribution >= 4 is 29.8 Å². The van der Waals surface area contributed by atoms with E-state index in [4.69, 9.17) is 9.47 Å². The zero-order chi connectivity index (χ0) is 26.9. The van der Waals surface area contributed by atoms with Gasteiger partial charge in [0.15, 0.2) is 0 Å². The molecule has 4 amide bonds. The van der Waals surface area contributed by atoms with Gasteiger partial charge in [-0.15, -0.1) is 0 Å². The maximum atomic E-state index is 12.5. The van der Waals surface area contributed by atoms with Crippen LogP contribution in [0.15, 0.2) is 30.3 Å². The number of ether oxygens (including phenoxy) is 2. The summed E-state index contributed by atoms with van der Waals surface area (Å²) in [7, 11) is 0. The van der Waals surface area contributed by atoms with Crippen molar-refractivity contribution in [2.45, 2.75) is 71.8 Å². The number of hydrogen-bond donors (Lipinski definition) is 4. The second-order valence-electron chi connectivity index (χ2n) is 9.95. The van der Waals surface area contributed by atoms with Crippen molar-refractivity contribution in [3.8, 4) is 0 Å². The predicted molar refractivity (Wildman–Crippen MR) is 128 cm³/mol. The summed E-state index contributed by atoms with van der Waals surface area (Å²) >= 11 is 0. The van der Waals surface area contributed by atoms with Crippen LogP contribution in [-0.2, 0) is 35.3 Å². The third-order valence-electron chi connectivity index (χ3n) is 4.40. The van der Waals surface area contributed by atoms with Gasteiger partial charge < -0.3 is 30.7 Å². The van der Waals surface area contributed by atoms with Gasteiger partial charge in [0.25, 0.3) is 0 Å². The number of carbonyl (C=O) groups excluding carboxylic acids is 5. The fourth-order valence-corrected chi connectivity index (χ4v) is 2.61. The highest BCUT2D eigenvalue weighted by molar-refractivity contribution is 5.95. The largest absolute Gasteiger partial charge is 0.458 e. The smallest absolute Gasteiger partial charge is 0.407 e. The van der Waals surface area contributed by atoms with E-state index in [0.717, 1.165) is 5.56 Å². The van der Waals surface area contributed by atoms with Gasteiger partial charge in [0.2, 0.25) is 17.7 Å². The minimum atomic E-state index is -1.38. The molecule has 4 N–H and O–H groups in total. The standard InChI is InChI=1S/C24H36N4O7/c1-22(2,3)35-20(32)24(6,7)28-17(29)13-25-19(31)23(4,5)27-18(30)14-26-21(33)34-15-16-11-9-8-10-12-16/h8-12H,13-15H2,1-7H3,(H,25,31)(H,26,33)(H,27,30)(H,28,29). The fraction of sp³-hybridized carbons (Fsp3) is 0.542. The molecule has 0 aliphatic heterocycles. The zero-order valence-electron chi connectivity index (χ0n) is 21.4. The maximum Gasteiger partial charge on any atom is 0.407 e. The maximum absolute atomic E-state index is 12.5. The first kappa shape index (κ1) is 29.4. The Kier molecular flexibility index (Phi) is 10.2. The van der Waals surface area contributed by atoms with Crippen molar-refractivity contribution < 1.29 is 33.4 Å². The van der Waals surface area contributed by atoms with Gasteiger partial charge in [-0.1, -0.05) is 30.3 Å². The van der Waals surface area contributed by atoms with Crippen LogP contribution in [0.2, 0.25) is 0 Å². The molecule has 0 fully saturated rings. The van der Waals surface area contributed by atoms with Gasteiger partial charge >= 0.3 is 12.1 Å². The fourth-order valence-electron chi connectivity index (χ4n) is 2.61. The lowest BCUT2D eigenvalue weighted by molar-refractivity contribution is -0.163. The molecule has 1 aromatic carbocycles. The van der Waals surface area contributed by atoms with Gasteiger partial charge in [-0.2, -0.15) is 0 Å². The van der Waals surface area contributed by atoms with Crippen molar-refractivity contribution in [3.05, 3.63) is 35.9 Å². The molecule has 1 aromatic rings. The number of esters is 1. The molecule has 11 heteroatoms. The number of rotatable bonds is 10. The van der Waals surface area contributed by atoms with Crippen molar-refractivity contribution in [1.82, 2.24) is 21.3 Å². The van der Waals surface area contributed by atoms with Crippen LogP contribution in [0.1, 0.15) is 54.0 Å². The van der Waals surface area contributed by atoms with Crippen LogP contribution in [0.25, 0.3) is 0 Å². The summed E-state index contributed by atoms with van der Waals surface area (Å²) < 4.78 is 10.3. The van der Waals surface area contributed by atoms with Crippen LogP contribution >= 0.6 is 0 Å². The Hall–Kier alpha value is -3.63. The van der Waals surface area contributed by atoms with Crippen molar-refractivity contribution in [1.29, 1.82) is 0 Å².